The number of H-pyrrole nitrogens is 1. The van der Waals surface area contributed by atoms with Crippen LogP contribution in [-0.4, -0.2) is 58.9 Å². The standard InChI is InChI=1S/C33H37N3O3/c1-2-35-21-10-3-4-11-22-36(33(38)29-17-12-15-26-19-20-34-31(26)29)27(23-25-13-6-5-7-14-25)24-39-30-18-9-8-16-28(30)32(35)37/h5-9,12-20,27,34H,2-4,10-11,21-24H2,1H3/t27-/m0/s1. The molecule has 1 N–H and O–H groups in total. The Morgan fingerprint density at radius 2 is 1.67 bits per heavy atom. The normalized spacial score (nSPS) is 17.4. The summed E-state index contributed by atoms with van der Waals surface area (Å²) in [5.41, 5.74) is 3.25. The van der Waals surface area contributed by atoms with Gasteiger partial charge >= 0.3 is 0 Å². The Morgan fingerprint density at radius 3 is 2.49 bits per heavy atom. The number of carbonyl (C=O) groups excluding carboxylic acids is 2. The second-order valence-electron chi connectivity index (χ2n) is 10.2. The molecule has 0 radical (unpaired) electrons. The lowest BCUT2D eigenvalue weighted by atomic mass is 10.0. The van der Waals surface area contributed by atoms with Crippen molar-refractivity contribution in [2.24, 2.45) is 0 Å². The van der Waals surface area contributed by atoms with E-state index in [0.29, 0.717) is 36.4 Å². The predicted molar refractivity (Wildman–Crippen MR) is 155 cm³/mol. The first-order valence-electron chi connectivity index (χ1n) is 14.1. The van der Waals surface area contributed by atoms with E-state index in [2.05, 4.69) is 17.1 Å². The van der Waals surface area contributed by atoms with E-state index in [-0.39, 0.29) is 24.5 Å². The number of benzene rings is 3. The summed E-state index contributed by atoms with van der Waals surface area (Å²) in [6.45, 7) is 4.34. The average Bonchev–Trinajstić information content (AvgIpc) is 3.46. The Morgan fingerprint density at radius 1 is 0.897 bits per heavy atom. The zero-order valence-electron chi connectivity index (χ0n) is 22.6. The van der Waals surface area contributed by atoms with Crippen LogP contribution in [0, 0.1) is 0 Å². The first-order chi connectivity index (χ1) is 19.2. The summed E-state index contributed by atoms with van der Waals surface area (Å²) >= 11 is 0. The van der Waals surface area contributed by atoms with Gasteiger partial charge < -0.3 is 19.5 Å². The van der Waals surface area contributed by atoms with Gasteiger partial charge in [-0.2, -0.15) is 0 Å². The molecule has 3 aromatic carbocycles. The third-order valence-electron chi connectivity index (χ3n) is 7.63. The van der Waals surface area contributed by atoms with E-state index < -0.39 is 0 Å². The minimum Gasteiger partial charge on any atom is -0.491 e. The first kappa shape index (κ1) is 26.5. The minimum atomic E-state index is -0.210. The molecule has 1 aromatic heterocycles. The van der Waals surface area contributed by atoms with E-state index in [1.54, 1.807) is 0 Å². The van der Waals surface area contributed by atoms with Crippen LogP contribution >= 0.6 is 0 Å². The number of ether oxygens (including phenoxy) is 1. The van der Waals surface area contributed by atoms with Crippen molar-refractivity contribution >= 4 is 22.7 Å². The van der Waals surface area contributed by atoms with Crippen molar-refractivity contribution in [2.45, 2.75) is 45.1 Å². The molecule has 5 rings (SSSR count). The molecular formula is C33H37N3O3. The summed E-state index contributed by atoms with van der Waals surface area (Å²) in [6.07, 6.45) is 6.38. The fraction of sp³-hybridized carbons (Fsp3) is 0.333. The second-order valence-corrected chi connectivity index (χ2v) is 10.2. The van der Waals surface area contributed by atoms with E-state index >= 15 is 0 Å². The van der Waals surface area contributed by atoms with Crippen LogP contribution in [0.5, 0.6) is 5.75 Å². The summed E-state index contributed by atoms with van der Waals surface area (Å²) in [4.78, 5) is 34.8. The van der Waals surface area contributed by atoms with Crippen LogP contribution < -0.4 is 4.74 Å². The van der Waals surface area contributed by atoms with Crippen molar-refractivity contribution in [2.75, 3.05) is 26.2 Å². The van der Waals surface area contributed by atoms with Gasteiger partial charge in [0.1, 0.15) is 12.4 Å². The molecule has 0 spiro atoms. The van der Waals surface area contributed by atoms with Crippen molar-refractivity contribution in [3.63, 3.8) is 0 Å². The van der Waals surface area contributed by atoms with Crippen molar-refractivity contribution in [3.8, 4) is 5.75 Å². The molecule has 2 amide bonds. The van der Waals surface area contributed by atoms with Gasteiger partial charge in [-0.3, -0.25) is 9.59 Å². The lowest BCUT2D eigenvalue weighted by Gasteiger charge is -2.33. The number of hydrogen-bond acceptors (Lipinski definition) is 3. The maximum absolute atomic E-state index is 14.2. The number of rotatable bonds is 4. The zero-order valence-corrected chi connectivity index (χ0v) is 22.6. The number of para-hydroxylation sites is 2. The van der Waals surface area contributed by atoms with E-state index in [9.17, 15) is 9.59 Å². The Balaban J connectivity index is 1.52. The monoisotopic (exact) mass is 523 g/mol. The first-order valence-corrected chi connectivity index (χ1v) is 14.1. The van der Waals surface area contributed by atoms with Gasteiger partial charge in [0.15, 0.2) is 0 Å². The van der Waals surface area contributed by atoms with Gasteiger partial charge in [0.2, 0.25) is 0 Å². The molecule has 1 aliphatic rings. The fourth-order valence-electron chi connectivity index (χ4n) is 5.48. The third kappa shape index (κ3) is 6.17. The maximum atomic E-state index is 14.2. The highest BCUT2D eigenvalue weighted by Crippen LogP contribution is 2.25. The number of aromatic amines is 1. The third-order valence-corrected chi connectivity index (χ3v) is 7.63. The van der Waals surface area contributed by atoms with Gasteiger partial charge in [0, 0.05) is 31.2 Å². The van der Waals surface area contributed by atoms with Crippen molar-refractivity contribution < 1.29 is 14.3 Å². The van der Waals surface area contributed by atoms with Crippen LogP contribution in [0.2, 0.25) is 0 Å². The Bertz CT molecular complexity index is 1400. The molecule has 2 heterocycles. The SMILES string of the molecule is CCN1CCCCCCN(C(=O)c2cccc3cc[nH]c23)[C@@H](Cc2ccccc2)COc2ccccc2C1=O. The molecule has 202 valence electrons. The van der Waals surface area contributed by atoms with Crippen LogP contribution in [0.3, 0.4) is 0 Å². The highest BCUT2D eigenvalue weighted by molar-refractivity contribution is 6.05. The smallest absolute Gasteiger partial charge is 0.257 e. The van der Waals surface area contributed by atoms with Crippen molar-refractivity contribution in [1.29, 1.82) is 0 Å². The van der Waals surface area contributed by atoms with E-state index in [0.717, 1.165) is 48.7 Å². The lowest BCUT2D eigenvalue weighted by Crippen LogP contribution is -2.46. The minimum absolute atomic E-state index is 0.00111. The highest BCUT2D eigenvalue weighted by atomic mass is 16.5. The molecule has 1 atom stereocenters. The molecule has 0 fully saturated rings. The summed E-state index contributed by atoms with van der Waals surface area (Å²) in [6, 6.07) is 25.4. The van der Waals surface area contributed by atoms with Gasteiger partial charge in [-0.15, -0.1) is 0 Å². The second kappa shape index (κ2) is 12.7. The Hall–Kier alpha value is -4.06. The number of amides is 2. The molecule has 0 aliphatic carbocycles. The highest BCUT2D eigenvalue weighted by Gasteiger charge is 2.28. The van der Waals surface area contributed by atoms with Gasteiger partial charge in [0.25, 0.3) is 11.8 Å². The molecule has 6 heteroatoms. The quantitative estimate of drug-likeness (QED) is 0.340. The zero-order chi connectivity index (χ0) is 27.0. The van der Waals surface area contributed by atoms with E-state index in [1.807, 2.05) is 89.7 Å². The van der Waals surface area contributed by atoms with Crippen LogP contribution in [0.1, 0.15) is 58.9 Å². The van der Waals surface area contributed by atoms with Crippen LogP contribution in [-0.2, 0) is 6.42 Å². The van der Waals surface area contributed by atoms with Gasteiger partial charge in [-0.25, -0.2) is 0 Å². The Kier molecular flexibility index (Phi) is 8.61. The topological polar surface area (TPSA) is 65.6 Å². The molecule has 39 heavy (non-hydrogen) atoms. The summed E-state index contributed by atoms with van der Waals surface area (Å²) < 4.78 is 6.42. The van der Waals surface area contributed by atoms with Crippen molar-refractivity contribution in [3.05, 3.63) is 102 Å². The molecular weight excluding hydrogens is 486 g/mol. The number of carbonyl (C=O) groups is 2. The van der Waals surface area contributed by atoms with Crippen LogP contribution in [0.15, 0.2) is 85.1 Å². The van der Waals surface area contributed by atoms with Gasteiger partial charge in [-0.05, 0) is 56.0 Å². The van der Waals surface area contributed by atoms with E-state index in [1.165, 1.54) is 0 Å². The summed E-state index contributed by atoms with van der Waals surface area (Å²) in [7, 11) is 0. The summed E-state index contributed by atoms with van der Waals surface area (Å²) in [5, 5.41) is 1.02. The van der Waals surface area contributed by atoms with E-state index in [4.69, 9.17) is 4.74 Å². The average molecular weight is 524 g/mol. The molecule has 4 aromatic rings. The number of aromatic nitrogens is 1. The molecule has 0 bridgehead atoms. The molecule has 1 aliphatic heterocycles. The largest absolute Gasteiger partial charge is 0.491 e. The molecule has 0 saturated heterocycles. The van der Waals surface area contributed by atoms with Gasteiger partial charge in [-0.1, -0.05) is 67.4 Å². The van der Waals surface area contributed by atoms with Gasteiger partial charge in [0.05, 0.1) is 22.7 Å². The molecule has 0 saturated carbocycles. The number of nitrogens with one attached hydrogen (secondary N) is 1. The van der Waals surface area contributed by atoms with Crippen LogP contribution in [0.25, 0.3) is 10.9 Å². The van der Waals surface area contributed by atoms with Crippen molar-refractivity contribution in [1.82, 2.24) is 14.8 Å². The fourth-order valence-corrected chi connectivity index (χ4v) is 5.48. The maximum Gasteiger partial charge on any atom is 0.257 e. The Labute approximate surface area is 230 Å². The number of nitrogens with zero attached hydrogens (tertiary/aromatic N) is 2. The molecule has 6 nitrogen and oxygen atoms in total. The van der Waals surface area contributed by atoms with Crippen LogP contribution in [0.4, 0.5) is 0 Å². The molecule has 0 unspecified atom stereocenters. The number of fused-ring (bicyclic) bond motifs is 2. The summed E-state index contributed by atoms with van der Waals surface area (Å²) in [5.74, 6) is 0.562. The lowest BCUT2D eigenvalue weighted by molar-refractivity contribution is 0.0599. The predicted octanol–water partition coefficient (Wildman–Crippen LogP) is 6.34. The number of hydrogen-bond donors (Lipinski definition) is 1.